The smallest absolute Gasteiger partial charge is 0.506 e. The molecule has 202 valence electrons. The number of hydrogen-bond acceptors (Lipinski definition) is 3. The van der Waals surface area contributed by atoms with Gasteiger partial charge in [0, 0.05) is 28.0 Å². The van der Waals surface area contributed by atoms with Crippen LogP contribution in [0.3, 0.4) is 0 Å². The van der Waals surface area contributed by atoms with Crippen molar-refractivity contribution in [3.8, 4) is 11.3 Å². The van der Waals surface area contributed by atoms with Crippen molar-refractivity contribution in [1.82, 2.24) is 14.3 Å². The Labute approximate surface area is 254 Å². The van der Waals surface area contributed by atoms with Crippen LogP contribution in [-0.2, 0) is 20.1 Å². The summed E-state index contributed by atoms with van der Waals surface area (Å²) in [5.41, 5.74) is 8.06. The van der Waals surface area contributed by atoms with E-state index in [0.29, 0.717) is 6.04 Å². The molecule has 0 spiro atoms. The summed E-state index contributed by atoms with van der Waals surface area (Å²) in [6.45, 7) is 8.55. The first-order chi connectivity index (χ1) is 19.6. The summed E-state index contributed by atoms with van der Waals surface area (Å²) in [4.78, 5) is 8.67. The third kappa shape index (κ3) is 4.76. The van der Waals surface area contributed by atoms with Gasteiger partial charge in [-0.1, -0.05) is 54.0 Å². The normalized spacial score (nSPS) is 13.0. The van der Waals surface area contributed by atoms with Crippen LogP contribution in [0.2, 0.25) is 0 Å². The van der Waals surface area contributed by atoms with Crippen LogP contribution in [0.25, 0.3) is 49.4 Å². The maximum atomic E-state index is 4.32. The summed E-state index contributed by atoms with van der Waals surface area (Å²) in [6, 6.07) is 38.7. The van der Waals surface area contributed by atoms with E-state index in [1.54, 1.807) is 0 Å². The molecule has 0 N–H and O–H groups in total. The number of hydrogen-bond donors (Lipinski definition) is 0. The minimum Gasteiger partial charge on any atom is -0.506 e. The van der Waals surface area contributed by atoms with Crippen LogP contribution in [0.15, 0.2) is 110 Å². The Morgan fingerprint density at radius 1 is 0.780 bits per heavy atom. The van der Waals surface area contributed by atoms with E-state index in [0.717, 1.165) is 16.9 Å². The number of benzene rings is 4. The van der Waals surface area contributed by atoms with Gasteiger partial charge in [0.2, 0.25) is 0 Å². The Hall–Kier alpha value is -4.18. The van der Waals surface area contributed by atoms with Crippen molar-refractivity contribution in [2.45, 2.75) is 26.8 Å². The number of anilines is 1. The average molecular weight is 710 g/mol. The van der Waals surface area contributed by atoms with Crippen molar-refractivity contribution < 1.29 is 20.1 Å². The standard InChI is InChI=1S/C24H19N3.C12H10N.Ir/c1-16(2)25-12-13-26(15-25)17-10-11-23-21(14-17)20-8-5-7-19-18-6-3-4-9-22(18)27(23)24(19)20;1-10-7-8-12(13-9-10)11-5-3-2-4-6-11;/h3-9,11-16H,1-2H3;2-5,7-9H,1H3;/q-2;-1;+3. The second-order valence-corrected chi connectivity index (χ2v) is 10.5. The topological polar surface area (TPSA) is 23.8 Å². The van der Waals surface area contributed by atoms with Crippen molar-refractivity contribution in [2.24, 2.45) is 0 Å². The van der Waals surface area contributed by atoms with Crippen molar-refractivity contribution in [2.75, 3.05) is 4.90 Å². The van der Waals surface area contributed by atoms with Crippen LogP contribution >= 0.6 is 0 Å². The van der Waals surface area contributed by atoms with E-state index >= 15 is 0 Å². The number of pyridine rings is 1. The van der Waals surface area contributed by atoms with Crippen molar-refractivity contribution in [3.05, 3.63) is 134 Å². The molecule has 0 atom stereocenters. The van der Waals surface area contributed by atoms with Gasteiger partial charge >= 0.3 is 20.1 Å². The fourth-order valence-electron chi connectivity index (χ4n) is 5.51. The van der Waals surface area contributed by atoms with Crippen LogP contribution < -0.4 is 4.90 Å². The molecule has 1 aliphatic rings. The predicted molar refractivity (Wildman–Crippen MR) is 166 cm³/mol. The molecule has 0 fully saturated rings. The average Bonchev–Trinajstić information content (AvgIpc) is 3.70. The third-order valence-electron chi connectivity index (χ3n) is 7.57. The Kier molecular flexibility index (Phi) is 7.25. The molecule has 0 amide bonds. The maximum Gasteiger partial charge on any atom is 3.00 e. The molecule has 0 saturated heterocycles. The largest absolute Gasteiger partial charge is 3.00 e. The van der Waals surface area contributed by atoms with Gasteiger partial charge in [-0.3, -0.25) is 0 Å². The molecule has 7 aromatic rings. The molecular formula is C36H29IrN4. The van der Waals surface area contributed by atoms with Gasteiger partial charge < -0.3 is 19.2 Å². The Morgan fingerprint density at radius 2 is 1.56 bits per heavy atom. The second-order valence-electron chi connectivity index (χ2n) is 10.5. The van der Waals surface area contributed by atoms with E-state index in [1.807, 2.05) is 43.5 Å². The number of aryl methyl sites for hydroxylation is 1. The summed E-state index contributed by atoms with van der Waals surface area (Å²) in [6.07, 6.45) is 6.09. The molecule has 4 nitrogen and oxygen atoms in total. The molecule has 0 saturated carbocycles. The predicted octanol–water partition coefficient (Wildman–Crippen LogP) is 8.61. The monoisotopic (exact) mass is 710 g/mol. The summed E-state index contributed by atoms with van der Waals surface area (Å²) in [5, 5.41) is 5.21. The van der Waals surface area contributed by atoms with Gasteiger partial charge in [0.05, 0.1) is 0 Å². The second kappa shape index (κ2) is 11.0. The third-order valence-corrected chi connectivity index (χ3v) is 7.57. The first-order valence-electron chi connectivity index (χ1n) is 13.7. The fourth-order valence-corrected chi connectivity index (χ4v) is 5.51. The Balaban J connectivity index is 0.000000183. The Bertz CT molecular complexity index is 1970. The van der Waals surface area contributed by atoms with Gasteiger partial charge in [0.15, 0.2) is 0 Å². The summed E-state index contributed by atoms with van der Waals surface area (Å²) in [7, 11) is 0. The van der Waals surface area contributed by atoms with E-state index in [9.17, 15) is 0 Å². The molecule has 0 unspecified atom stereocenters. The van der Waals surface area contributed by atoms with Crippen LogP contribution in [0.1, 0.15) is 19.4 Å². The van der Waals surface area contributed by atoms with Gasteiger partial charge in [-0.2, -0.15) is 18.8 Å². The number of para-hydroxylation sites is 2. The van der Waals surface area contributed by atoms with Crippen LogP contribution in [-0.4, -0.2) is 20.3 Å². The van der Waals surface area contributed by atoms with Gasteiger partial charge in [0.1, 0.15) is 0 Å². The van der Waals surface area contributed by atoms with Crippen LogP contribution in [0.5, 0.6) is 0 Å². The molecule has 0 radical (unpaired) electrons. The quantitative estimate of drug-likeness (QED) is 0.172. The van der Waals surface area contributed by atoms with E-state index in [4.69, 9.17) is 0 Å². The molecule has 4 aromatic carbocycles. The van der Waals surface area contributed by atoms with Crippen LogP contribution in [0, 0.1) is 25.7 Å². The number of nitrogens with zero attached hydrogens (tertiary/aromatic N) is 4. The molecule has 0 aliphatic carbocycles. The van der Waals surface area contributed by atoms with Crippen molar-refractivity contribution in [3.63, 3.8) is 0 Å². The molecule has 8 rings (SSSR count). The Morgan fingerprint density at radius 3 is 2.29 bits per heavy atom. The first kappa shape index (κ1) is 27.0. The van der Waals surface area contributed by atoms with Gasteiger partial charge in [-0.15, -0.1) is 53.0 Å². The molecule has 41 heavy (non-hydrogen) atoms. The summed E-state index contributed by atoms with van der Waals surface area (Å²) >= 11 is 0. The van der Waals surface area contributed by atoms with Gasteiger partial charge in [-0.05, 0) is 61.9 Å². The zero-order valence-electron chi connectivity index (χ0n) is 23.2. The van der Waals surface area contributed by atoms with E-state index in [1.165, 1.54) is 43.7 Å². The zero-order chi connectivity index (χ0) is 27.2. The molecule has 3 aromatic heterocycles. The minimum absolute atomic E-state index is 0. The molecular weight excluding hydrogens is 681 g/mol. The van der Waals surface area contributed by atoms with Crippen LogP contribution in [0.4, 0.5) is 5.69 Å². The molecule has 4 heterocycles. The first-order valence-corrected chi connectivity index (χ1v) is 13.7. The minimum atomic E-state index is 0. The van der Waals surface area contributed by atoms with E-state index < -0.39 is 0 Å². The van der Waals surface area contributed by atoms with Crippen molar-refractivity contribution in [1.29, 1.82) is 0 Å². The summed E-state index contributed by atoms with van der Waals surface area (Å²) < 4.78 is 2.39. The van der Waals surface area contributed by atoms with Crippen molar-refractivity contribution >= 4 is 43.8 Å². The van der Waals surface area contributed by atoms with Gasteiger partial charge in [0.25, 0.3) is 0 Å². The molecule has 1 aliphatic heterocycles. The van der Waals surface area contributed by atoms with E-state index in [-0.39, 0.29) is 20.1 Å². The number of fused-ring (bicyclic) bond motifs is 6. The fraction of sp³-hybridized carbons (Fsp3) is 0.111. The number of rotatable bonds is 3. The van der Waals surface area contributed by atoms with E-state index in [2.05, 4.69) is 125 Å². The van der Waals surface area contributed by atoms with Gasteiger partial charge in [-0.25, -0.2) is 0 Å². The maximum absolute atomic E-state index is 4.32. The zero-order valence-corrected chi connectivity index (χ0v) is 25.6. The SMILES string of the molecule is CC(C)N1C=CN(c2[c-]cc3c(c2)c2cccc4c5ccccc5n3c24)[CH-]1.Cc1ccc(-c2[c-]cccc2)nc1.[Ir+3]. The number of aromatic nitrogens is 2. The molecule has 0 bridgehead atoms. The molecule has 5 heteroatoms. The summed E-state index contributed by atoms with van der Waals surface area (Å²) in [5.74, 6) is 0.